The summed E-state index contributed by atoms with van der Waals surface area (Å²) < 4.78 is 2.04. The first kappa shape index (κ1) is 13.6. The average molecular weight is 258 g/mol. The number of hydrogen-bond acceptors (Lipinski definition) is 3. The SMILES string of the molecule is Cn1ccnc1CCNc1ccc(C(C)(C)C)cn1. The van der Waals surface area contributed by atoms with E-state index in [1.807, 2.05) is 36.3 Å². The van der Waals surface area contributed by atoms with E-state index >= 15 is 0 Å². The van der Waals surface area contributed by atoms with E-state index in [1.54, 1.807) is 0 Å². The molecule has 0 amide bonds. The molecular formula is C15H22N4. The third kappa shape index (κ3) is 3.56. The topological polar surface area (TPSA) is 42.7 Å². The summed E-state index contributed by atoms with van der Waals surface area (Å²) in [4.78, 5) is 8.74. The van der Waals surface area contributed by atoms with Gasteiger partial charge in [-0.2, -0.15) is 0 Å². The van der Waals surface area contributed by atoms with Gasteiger partial charge in [-0.15, -0.1) is 0 Å². The van der Waals surface area contributed by atoms with Crippen LogP contribution in [0, 0.1) is 0 Å². The summed E-state index contributed by atoms with van der Waals surface area (Å²) >= 11 is 0. The van der Waals surface area contributed by atoms with Crippen LogP contribution in [0.2, 0.25) is 0 Å². The zero-order valence-electron chi connectivity index (χ0n) is 12.1. The van der Waals surface area contributed by atoms with Crippen LogP contribution in [0.25, 0.3) is 0 Å². The fourth-order valence-corrected chi connectivity index (χ4v) is 1.88. The summed E-state index contributed by atoms with van der Waals surface area (Å²) in [6.45, 7) is 7.42. The monoisotopic (exact) mass is 258 g/mol. The van der Waals surface area contributed by atoms with Gasteiger partial charge in [0.15, 0.2) is 0 Å². The lowest BCUT2D eigenvalue weighted by atomic mass is 9.88. The second-order valence-corrected chi connectivity index (χ2v) is 5.81. The minimum atomic E-state index is 0.151. The minimum Gasteiger partial charge on any atom is -0.370 e. The molecule has 1 N–H and O–H groups in total. The molecule has 0 saturated heterocycles. The molecule has 0 aromatic carbocycles. The highest BCUT2D eigenvalue weighted by Gasteiger charge is 2.13. The average Bonchev–Trinajstić information content (AvgIpc) is 2.75. The lowest BCUT2D eigenvalue weighted by molar-refractivity contribution is 0.587. The van der Waals surface area contributed by atoms with Crippen LogP contribution < -0.4 is 5.32 Å². The molecule has 0 atom stereocenters. The number of aromatic nitrogens is 3. The number of aryl methyl sites for hydroxylation is 1. The fourth-order valence-electron chi connectivity index (χ4n) is 1.88. The van der Waals surface area contributed by atoms with E-state index < -0.39 is 0 Å². The molecule has 2 heterocycles. The number of anilines is 1. The maximum atomic E-state index is 4.45. The largest absolute Gasteiger partial charge is 0.370 e. The number of nitrogens with one attached hydrogen (secondary N) is 1. The number of hydrogen-bond donors (Lipinski definition) is 1. The van der Waals surface area contributed by atoms with Gasteiger partial charge < -0.3 is 9.88 Å². The Morgan fingerprint density at radius 2 is 2.00 bits per heavy atom. The van der Waals surface area contributed by atoms with Crippen LogP contribution in [0.1, 0.15) is 32.2 Å². The van der Waals surface area contributed by atoms with Gasteiger partial charge in [-0.05, 0) is 17.0 Å². The van der Waals surface area contributed by atoms with Crippen molar-refractivity contribution in [3.63, 3.8) is 0 Å². The molecule has 0 aliphatic carbocycles. The van der Waals surface area contributed by atoms with Gasteiger partial charge in [-0.1, -0.05) is 26.8 Å². The third-order valence-corrected chi connectivity index (χ3v) is 3.21. The first-order valence-corrected chi connectivity index (χ1v) is 6.63. The predicted molar refractivity (Wildman–Crippen MR) is 78.3 cm³/mol. The van der Waals surface area contributed by atoms with E-state index in [1.165, 1.54) is 5.56 Å². The Kier molecular flexibility index (Phi) is 3.88. The molecule has 19 heavy (non-hydrogen) atoms. The fraction of sp³-hybridized carbons (Fsp3) is 0.467. The smallest absolute Gasteiger partial charge is 0.125 e. The first-order chi connectivity index (χ1) is 8.97. The van der Waals surface area contributed by atoms with Gasteiger partial charge in [0.2, 0.25) is 0 Å². The maximum Gasteiger partial charge on any atom is 0.125 e. The van der Waals surface area contributed by atoms with Crippen molar-refractivity contribution in [2.45, 2.75) is 32.6 Å². The maximum absolute atomic E-state index is 4.45. The normalized spacial score (nSPS) is 11.6. The number of pyridine rings is 1. The molecule has 0 aliphatic rings. The summed E-state index contributed by atoms with van der Waals surface area (Å²) in [7, 11) is 2.01. The second kappa shape index (κ2) is 5.43. The molecule has 0 bridgehead atoms. The molecule has 4 heteroatoms. The van der Waals surface area contributed by atoms with Crippen molar-refractivity contribution in [3.05, 3.63) is 42.1 Å². The first-order valence-electron chi connectivity index (χ1n) is 6.63. The van der Waals surface area contributed by atoms with E-state index in [9.17, 15) is 0 Å². The van der Waals surface area contributed by atoms with Crippen molar-refractivity contribution in [1.82, 2.24) is 14.5 Å². The van der Waals surface area contributed by atoms with Crippen LogP contribution in [-0.4, -0.2) is 21.1 Å². The Balaban J connectivity index is 1.89. The molecule has 0 saturated carbocycles. The van der Waals surface area contributed by atoms with Crippen LogP contribution >= 0.6 is 0 Å². The number of rotatable bonds is 4. The minimum absolute atomic E-state index is 0.151. The van der Waals surface area contributed by atoms with Crippen LogP contribution in [0.3, 0.4) is 0 Å². The highest BCUT2D eigenvalue weighted by molar-refractivity contribution is 5.37. The summed E-state index contributed by atoms with van der Waals surface area (Å²) in [6.07, 6.45) is 6.63. The molecule has 0 unspecified atom stereocenters. The van der Waals surface area contributed by atoms with Crippen LogP contribution in [0.5, 0.6) is 0 Å². The van der Waals surface area contributed by atoms with E-state index in [4.69, 9.17) is 0 Å². The van der Waals surface area contributed by atoms with Crippen molar-refractivity contribution >= 4 is 5.82 Å². The number of imidazole rings is 1. The Hall–Kier alpha value is -1.84. The quantitative estimate of drug-likeness (QED) is 0.917. The van der Waals surface area contributed by atoms with E-state index in [-0.39, 0.29) is 5.41 Å². The van der Waals surface area contributed by atoms with Crippen molar-refractivity contribution in [2.75, 3.05) is 11.9 Å². The molecule has 0 aliphatic heterocycles. The van der Waals surface area contributed by atoms with Crippen LogP contribution in [-0.2, 0) is 18.9 Å². The van der Waals surface area contributed by atoms with Crippen molar-refractivity contribution in [1.29, 1.82) is 0 Å². The molecular weight excluding hydrogens is 236 g/mol. The van der Waals surface area contributed by atoms with Crippen LogP contribution in [0.15, 0.2) is 30.7 Å². The summed E-state index contributed by atoms with van der Waals surface area (Å²) in [5.41, 5.74) is 1.40. The van der Waals surface area contributed by atoms with Crippen molar-refractivity contribution < 1.29 is 0 Å². The molecule has 2 aromatic heterocycles. The Morgan fingerprint density at radius 3 is 2.53 bits per heavy atom. The highest BCUT2D eigenvalue weighted by atomic mass is 15.0. The van der Waals surface area contributed by atoms with Gasteiger partial charge in [0.25, 0.3) is 0 Å². The molecule has 2 aromatic rings. The molecule has 0 spiro atoms. The Morgan fingerprint density at radius 1 is 1.21 bits per heavy atom. The zero-order valence-corrected chi connectivity index (χ0v) is 12.1. The summed E-state index contributed by atoms with van der Waals surface area (Å²) in [6, 6.07) is 4.18. The Bertz CT molecular complexity index is 520. The summed E-state index contributed by atoms with van der Waals surface area (Å²) in [5.74, 6) is 2.00. The van der Waals surface area contributed by atoms with Crippen LogP contribution in [0.4, 0.5) is 5.82 Å². The van der Waals surface area contributed by atoms with Gasteiger partial charge in [-0.25, -0.2) is 9.97 Å². The summed E-state index contributed by atoms with van der Waals surface area (Å²) in [5, 5.41) is 3.32. The Labute approximate surface area is 114 Å². The van der Waals surface area contributed by atoms with Crippen molar-refractivity contribution in [3.8, 4) is 0 Å². The molecule has 0 fully saturated rings. The van der Waals surface area contributed by atoms with Gasteiger partial charge in [0, 0.05) is 38.6 Å². The number of nitrogens with zero attached hydrogens (tertiary/aromatic N) is 3. The molecule has 2 rings (SSSR count). The van der Waals surface area contributed by atoms with E-state index in [2.05, 4.69) is 42.1 Å². The lowest BCUT2D eigenvalue weighted by Crippen LogP contribution is -2.13. The van der Waals surface area contributed by atoms with E-state index in [0.29, 0.717) is 0 Å². The molecule has 0 radical (unpaired) electrons. The van der Waals surface area contributed by atoms with Crippen molar-refractivity contribution in [2.24, 2.45) is 7.05 Å². The highest BCUT2D eigenvalue weighted by Crippen LogP contribution is 2.21. The third-order valence-electron chi connectivity index (χ3n) is 3.21. The van der Waals surface area contributed by atoms with E-state index in [0.717, 1.165) is 24.6 Å². The van der Waals surface area contributed by atoms with Gasteiger partial charge in [-0.3, -0.25) is 0 Å². The molecule has 4 nitrogen and oxygen atoms in total. The lowest BCUT2D eigenvalue weighted by Gasteiger charge is -2.18. The molecule has 102 valence electrons. The second-order valence-electron chi connectivity index (χ2n) is 5.81. The van der Waals surface area contributed by atoms with Gasteiger partial charge in [0.05, 0.1) is 0 Å². The standard InChI is InChI=1S/C15H22N4/c1-15(2,3)12-5-6-13(18-11-12)16-8-7-14-17-9-10-19(14)4/h5-6,9-11H,7-8H2,1-4H3,(H,16,18). The van der Waals surface area contributed by atoms with Gasteiger partial charge >= 0.3 is 0 Å². The zero-order chi connectivity index (χ0) is 13.9. The van der Waals surface area contributed by atoms with Gasteiger partial charge in [0.1, 0.15) is 11.6 Å². The predicted octanol–water partition coefficient (Wildman–Crippen LogP) is 2.77.